The van der Waals surface area contributed by atoms with Crippen molar-refractivity contribution in [2.24, 2.45) is 0 Å². The zero-order valence-corrected chi connectivity index (χ0v) is 13.8. The van der Waals surface area contributed by atoms with Crippen molar-refractivity contribution in [3.05, 3.63) is 28.8 Å². The van der Waals surface area contributed by atoms with Crippen molar-refractivity contribution in [2.45, 2.75) is 44.6 Å². The van der Waals surface area contributed by atoms with E-state index in [0.717, 1.165) is 11.6 Å². The Bertz CT molecular complexity index is 510. The molecule has 1 spiro atoms. The van der Waals surface area contributed by atoms with Crippen LogP contribution in [0.15, 0.2) is 18.2 Å². The van der Waals surface area contributed by atoms with Gasteiger partial charge in [0.2, 0.25) is 0 Å². The van der Waals surface area contributed by atoms with Gasteiger partial charge in [-0.25, -0.2) is 0 Å². The molecule has 1 fully saturated rings. The molecule has 2 heterocycles. The number of likely N-dealkylation sites (tertiary alicyclic amines) is 1. The highest BCUT2D eigenvalue weighted by Gasteiger charge is 2.46. The molecule has 0 radical (unpaired) electrons. The van der Waals surface area contributed by atoms with Crippen LogP contribution in [0.4, 0.5) is 5.69 Å². The lowest BCUT2D eigenvalue weighted by molar-refractivity contribution is 0.193. The standard InChI is InChI=1S/C17H25ClN2/c1-16(2,3)20-12-17(7-9-19(4)10-8-17)14-11-13(18)5-6-15(14)20/h5-6,11H,7-10,12H2,1-4H3. The van der Waals surface area contributed by atoms with Crippen molar-refractivity contribution in [3.8, 4) is 0 Å². The normalized spacial score (nSPS) is 22.4. The number of hydrogen-bond donors (Lipinski definition) is 0. The average molecular weight is 293 g/mol. The number of benzene rings is 1. The molecule has 3 rings (SSSR count). The molecule has 0 atom stereocenters. The summed E-state index contributed by atoms with van der Waals surface area (Å²) in [5.74, 6) is 0. The number of halogens is 1. The fraction of sp³-hybridized carbons (Fsp3) is 0.647. The maximum Gasteiger partial charge on any atom is 0.0410 e. The Labute approximate surface area is 127 Å². The van der Waals surface area contributed by atoms with E-state index in [2.05, 4.69) is 49.8 Å². The minimum Gasteiger partial charge on any atom is -0.366 e. The number of rotatable bonds is 0. The molecule has 2 nitrogen and oxygen atoms in total. The van der Waals surface area contributed by atoms with Crippen LogP contribution in [0, 0.1) is 0 Å². The van der Waals surface area contributed by atoms with Gasteiger partial charge in [-0.05, 0) is 77.5 Å². The number of hydrogen-bond acceptors (Lipinski definition) is 2. The van der Waals surface area contributed by atoms with Gasteiger partial charge in [-0.1, -0.05) is 11.6 Å². The van der Waals surface area contributed by atoms with E-state index >= 15 is 0 Å². The molecule has 20 heavy (non-hydrogen) atoms. The molecule has 0 N–H and O–H groups in total. The second kappa shape index (κ2) is 4.64. The highest BCUT2D eigenvalue weighted by molar-refractivity contribution is 6.30. The largest absolute Gasteiger partial charge is 0.366 e. The quantitative estimate of drug-likeness (QED) is 0.715. The van der Waals surface area contributed by atoms with E-state index < -0.39 is 0 Å². The van der Waals surface area contributed by atoms with Crippen molar-refractivity contribution in [1.29, 1.82) is 0 Å². The van der Waals surface area contributed by atoms with E-state index in [4.69, 9.17) is 11.6 Å². The Morgan fingerprint density at radius 2 is 1.80 bits per heavy atom. The lowest BCUT2D eigenvalue weighted by Crippen LogP contribution is -2.48. The van der Waals surface area contributed by atoms with Gasteiger partial charge in [0.05, 0.1) is 0 Å². The first-order valence-corrected chi connectivity index (χ1v) is 7.96. The fourth-order valence-electron chi connectivity index (χ4n) is 3.71. The summed E-state index contributed by atoms with van der Waals surface area (Å²) < 4.78 is 0. The van der Waals surface area contributed by atoms with Crippen LogP contribution < -0.4 is 4.90 Å². The Morgan fingerprint density at radius 3 is 2.40 bits per heavy atom. The van der Waals surface area contributed by atoms with Gasteiger partial charge in [-0.2, -0.15) is 0 Å². The summed E-state index contributed by atoms with van der Waals surface area (Å²) in [6.07, 6.45) is 2.48. The lowest BCUT2D eigenvalue weighted by Gasteiger charge is -2.41. The first kappa shape index (κ1) is 14.2. The third-order valence-electron chi connectivity index (χ3n) is 5.04. The van der Waals surface area contributed by atoms with Crippen LogP contribution in [-0.2, 0) is 5.41 Å². The topological polar surface area (TPSA) is 6.48 Å². The molecule has 1 aromatic rings. The van der Waals surface area contributed by atoms with Crippen molar-refractivity contribution in [1.82, 2.24) is 4.90 Å². The van der Waals surface area contributed by atoms with Crippen molar-refractivity contribution < 1.29 is 0 Å². The van der Waals surface area contributed by atoms with Crippen LogP contribution in [0.2, 0.25) is 5.02 Å². The lowest BCUT2D eigenvalue weighted by atomic mass is 9.74. The Morgan fingerprint density at radius 1 is 1.15 bits per heavy atom. The Kier molecular flexibility index (Phi) is 3.30. The highest BCUT2D eigenvalue weighted by Crippen LogP contribution is 2.49. The number of anilines is 1. The Balaban J connectivity index is 2.06. The smallest absolute Gasteiger partial charge is 0.0410 e. The molecule has 0 unspecified atom stereocenters. The van der Waals surface area contributed by atoms with E-state index in [1.807, 2.05) is 6.07 Å². The molecular formula is C17H25ClN2. The van der Waals surface area contributed by atoms with E-state index in [-0.39, 0.29) is 5.54 Å². The summed E-state index contributed by atoms with van der Waals surface area (Å²) in [5, 5.41) is 0.873. The van der Waals surface area contributed by atoms with Crippen LogP contribution >= 0.6 is 11.6 Å². The zero-order chi connectivity index (χ0) is 14.5. The zero-order valence-electron chi connectivity index (χ0n) is 13.0. The molecular weight excluding hydrogens is 268 g/mol. The highest BCUT2D eigenvalue weighted by atomic mass is 35.5. The van der Waals surface area contributed by atoms with E-state index in [0.29, 0.717) is 5.41 Å². The van der Waals surface area contributed by atoms with E-state index in [1.165, 1.54) is 37.2 Å². The molecule has 0 bridgehead atoms. The van der Waals surface area contributed by atoms with E-state index in [1.54, 1.807) is 0 Å². The minimum atomic E-state index is 0.162. The number of nitrogens with zero attached hydrogens (tertiary/aromatic N) is 2. The number of piperidine rings is 1. The molecule has 1 aromatic carbocycles. The van der Waals surface area contributed by atoms with Crippen LogP contribution in [0.1, 0.15) is 39.2 Å². The first-order chi connectivity index (χ1) is 9.32. The first-order valence-electron chi connectivity index (χ1n) is 7.58. The fourth-order valence-corrected chi connectivity index (χ4v) is 3.89. The second-order valence-corrected chi connectivity index (χ2v) is 7.94. The predicted molar refractivity (Wildman–Crippen MR) is 87.0 cm³/mol. The molecule has 2 aliphatic rings. The van der Waals surface area contributed by atoms with Gasteiger partial charge >= 0.3 is 0 Å². The van der Waals surface area contributed by atoms with Gasteiger partial charge in [0.25, 0.3) is 0 Å². The summed E-state index contributed by atoms with van der Waals surface area (Å²) in [5.41, 5.74) is 3.34. The molecule has 0 saturated carbocycles. The average Bonchev–Trinajstić information content (AvgIpc) is 2.68. The van der Waals surface area contributed by atoms with Crippen molar-refractivity contribution in [2.75, 3.05) is 31.6 Å². The summed E-state index contributed by atoms with van der Waals surface area (Å²) in [6, 6.07) is 6.47. The van der Waals surface area contributed by atoms with Crippen molar-refractivity contribution in [3.63, 3.8) is 0 Å². The summed E-state index contributed by atoms with van der Waals surface area (Å²) in [6.45, 7) is 10.4. The number of fused-ring (bicyclic) bond motifs is 2. The van der Waals surface area contributed by atoms with E-state index in [9.17, 15) is 0 Å². The van der Waals surface area contributed by atoms with Gasteiger partial charge in [-0.15, -0.1) is 0 Å². The molecule has 110 valence electrons. The molecule has 1 saturated heterocycles. The third-order valence-corrected chi connectivity index (χ3v) is 5.27. The van der Waals surface area contributed by atoms with Crippen molar-refractivity contribution >= 4 is 17.3 Å². The summed E-state index contributed by atoms with van der Waals surface area (Å²) in [7, 11) is 2.22. The minimum absolute atomic E-state index is 0.162. The van der Waals surface area contributed by atoms with Crippen LogP contribution in [-0.4, -0.2) is 37.1 Å². The molecule has 0 aliphatic carbocycles. The molecule has 2 aliphatic heterocycles. The van der Waals surface area contributed by atoms with Gasteiger partial charge in [0.15, 0.2) is 0 Å². The van der Waals surface area contributed by atoms with Gasteiger partial charge in [-0.3, -0.25) is 0 Å². The van der Waals surface area contributed by atoms with Crippen LogP contribution in [0.3, 0.4) is 0 Å². The predicted octanol–water partition coefficient (Wildman–Crippen LogP) is 3.92. The van der Waals surface area contributed by atoms with Gasteiger partial charge in [0.1, 0.15) is 0 Å². The van der Waals surface area contributed by atoms with Crippen LogP contribution in [0.25, 0.3) is 0 Å². The molecule has 0 amide bonds. The molecule has 0 aromatic heterocycles. The van der Waals surface area contributed by atoms with Crippen LogP contribution in [0.5, 0.6) is 0 Å². The second-order valence-electron chi connectivity index (χ2n) is 7.50. The summed E-state index contributed by atoms with van der Waals surface area (Å²) in [4.78, 5) is 5.01. The maximum absolute atomic E-state index is 6.29. The van der Waals surface area contributed by atoms with Gasteiger partial charge in [0, 0.05) is 28.2 Å². The maximum atomic E-state index is 6.29. The van der Waals surface area contributed by atoms with Gasteiger partial charge < -0.3 is 9.80 Å². The molecule has 3 heteroatoms. The Hall–Kier alpha value is -0.730. The monoisotopic (exact) mass is 292 g/mol. The SMILES string of the molecule is CN1CCC2(CC1)CN(C(C)(C)C)c1ccc(Cl)cc12. The summed E-state index contributed by atoms with van der Waals surface area (Å²) >= 11 is 6.29. The third kappa shape index (κ3) is 2.23.